The van der Waals surface area contributed by atoms with Crippen LogP contribution in [0.15, 0.2) is 164 Å². The van der Waals surface area contributed by atoms with E-state index in [9.17, 15) is 0 Å². The summed E-state index contributed by atoms with van der Waals surface area (Å²) < 4.78 is 6.86. The molecule has 1 unspecified atom stereocenters. The molecule has 0 bridgehead atoms. The quantitative estimate of drug-likeness (QED) is 0.196. The molecule has 3 aliphatic rings. The van der Waals surface area contributed by atoms with E-state index in [0.717, 1.165) is 17.1 Å². The first-order chi connectivity index (χ1) is 22.7. The summed E-state index contributed by atoms with van der Waals surface area (Å²) in [5.41, 5.74) is 15.9. The molecule has 1 nitrogen and oxygen atoms in total. The summed E-state index contributed by atoms with van der Waals surface area (Å²) >= 11 is 0. The van der Waals surface area contributed by atoms with Crippen molar-refractivity contribution in [3.8, 4) is 44.9 Å². The molecule has 1 heterocycles. The summed E-state index contributed by atoms with van der Waals surface area (Å²) in [6.07, 6.45) is 0. The van der Waals surface area contributed by atoms with E-state index >= 15 is 0 Å². The molecule has 2 aliphatic carbocycles. The first-order valence-electron chi connectivity index (χ1n) is 16.1. The highest BCUT2D eigenvalue weighted by Gasteiger charge is 2.51. The van der Waals surface area contributed by atoms with Crippen molar-refractivity contribution in [2.24, 2.45) is 0 Å². The number of fused-ring (bicyclic) bond motifs is 12. The maximum absolute atomic E-state index is 6.86. The Labute approximate surface area is 269 Å². The number of rotatable bonds is 2. The molecule has 0 aromatic heterocycles. The van der Waals surface area contributed by atoms with Gasteiger partial charge in [0.1, 0.15) is 11.5 Å². The van der Waals surface area contributed by atoms with E-state index in [-0.39, 0.29) is 5.41 Å². The fraction of sp³-hybridized carbons (Fsp3) is 0.0667. The van der Waals surface area contributed by atoms with E-state index in [4.69, 9.17) is 4.74 Å². The lowest BCUT2D eigenvalue weighted by Crippen LogP contribution is -2.32. The Morgan fingerprint density at radius 3 is 1.67 bits per heavy atom. The summed E-state index contributed by atoms with van der Waals surface area (Å²) in [6, 6.07) is 60.0. The van der Waals surface area contributed by atoms with E-state index in [0.29, 0.717) is 0 Å². The van der Waals surface area contributed by atoms with Crippen LogP contribution in [0.3, 0.4) is 0 Å². The van der Waals surface area contributed by atoms with Gasteiger partial charge in [-0.1, -0.05) is 152 Å². The van der Waals surface area contributed by atoms with Crippen LogP contribution in [0.4, 0.5) is 0 Å². The lowest BCUT2D eigenvalue weighted by Gasteiger charge is -2.39. The molecule has 0 saturated carbocycles. The molecule has 0 radical (unpaired) electrons. The predicted molar refractivity (Wildman–Crippen MR) is 187 cm³/mol. The number of hydrogen-bond donors (Lipinski definition) is 0. The summed E-state index contributed by atoms with van der Waals surface area (Å²) in [5, 5.41) is 0. The number of hydrogen-bond acceptors (Lipinski definition) is 1. The van der Waals surface area contributed by atoms with Crippen LogP contribution >= 0.6 is 0 Å². The van der Waals surface area contributed by atoms with Crippen molar-refractivity contribution < 1.29 is 4.74 Å². The average Bonchev–Trinajstić information content (AvgIpc) is 3.57. The molecular formula is C45H30O. The Morgan fingerprint density at radius 2 is 0.935 bits per heavy atom. The SMILES string of the molecule is CC1(c2ccccc2)c2ccccc2-c2c(-c3ccc4c(c3)Oc3ccccc3C43c4ccccc4-c4ccccc43)cccc21. The molecule has 1 spiro atoms. The lowest BCUT2D eigenvalue weighted by molar-refractivity contribution is 0.436. The summed E-state index contributed by atoms with van der Waals surface area (Å²) in [4.78, 5) is 0. The number of ether oxygens (including phenoxy) is 1. The van der Waals surface area contributed by atoms with Gasteiger partial charge in [-0.2, -0.15) is 0 Å². The summed E-state index contributed by atoms with van der Waals surface area (Å²) in [7, 11) is 0. The number of para-hydroxylation sites is 1. The molecule has 1 heteroatoms. The molecule has 1 aliphatic heterocycles. The van der Waals surface area contributed by atoms with Gasteiger partial charge in [0, 0.05) is 16.5 Å². The average molecular weight is 587 g/mol. The molecule has 1 atom stereocenters. The van der Waals surface area contributed by atoms with Gasteiger partial charge in [0.25, 0.3) is 0 Å². The highest BCUT2D eigenvalue weighted by molar-refractivity contribution is 5.95. The maximum Gasteiger partial charge on any atom is 0.132 e. The zero-order valence-electron chi connectivity index (χ0n) is 25.5. The highest BCUT2D eigenvalue weighted by Crippen LogP contribution is 2.62. The summed E-state index contributed by atoms with van der Waals surface area (Å²) in [5.74, 6) is 1.83. The fourth-order valence-electron chi connectivity index (χ4n) is 8.89. The van der Waals surface area contributed by atoms with Crippen LogP contribution in [0.25, 0.3) is 33.4 Å². The monoisotopic (exact) mass is 586 g/mol. The Kier molecular flexibility index (Phi) is 5.12. The van der Waals surface area contributed by atoms with Crippen molar-refractivity contribution in [1.82, 2.24) is 0 Å². The van der Waals surface area contributed by atoms with Gasteiger partial charge in [-0.05, 0) is 80.3 Å². The molecule has 0 saturated heterocycles. The molecule has 0 fully saturated rings. The fourth-order valence-corrected chi connectivity index (χ4v) is 8.89. The largest absolute Gasteiger partial charge is 0.457 e. The Morgan fingerprint density at radius 1 is 0.391 bits per heavy atom. The molecular weight excluding hydrogens is 556 g/mol. The van der Waals surface area contributed by atoms with Crippen molar-refractivity contribution in [3.05, 3.63) is 203 Å². The second-order valence-electron chi connectivity index (χ2n) is 12.9. The molecule has 0 amide bonds. The Bertz CT molecular complexity index is 2320. The second kappa shape index (κ2) is 9.19. The third-order valence-corrected chi connectivity index (χ3v) is 10.8. The molecule has 0 N–H and O–H groups in total. The molecule has 46 heavy (non-hydrogen) atoms. The molecule has 7 aromatic rings. The van der Waals surface area contributed by atoms with Crippen molar-refractivity contribution in [3.63, 3.8) is 0 Å². The zero-order chi connectivity index (χ0) is 30.5. The van der Waals surface area contributed by atoms with E-state index in [1.807, 2.05) is 0 Å². The Hall–Kier alpha value is -5.66. The van der Waals surface area contributed by atoms with Gasteiger partial charge in [-0.25, -0.2) is 0 Å². The standard InChI is InChI=1S/C45H30O/c1-44(30-14-3-2-4-15-30)35-20-8-7-18-34(35)43-31(19-13-24-40(43)44)29-26-27-39-42(28-29)46-41-25-12-11-23-38(41)45(39)36-21-9-5-16-32(36)33-17-6-10-22-37(33)45/h2-28H,1H3. The van der Waals surface area contributed by atoms with Gasteiger partial charge in [-0.3, -0.25) is 0 Å². The van der Waals surface area contributed by atoms with E-state index in [2.05, 4.69) is 171 Å². The third-order valence-electron chi connectivity index (χ3n) is 10.8. The molecule has 216 valence electrons. The topological polar surface area (TPSA) is 9.23 Å². The Balaban J connectivity index is 1.23. The van der Waals surface area contributed by atoms with Gasteiger partial charge in [0.15, 0.2) is 0 Å². The van der Waals surface area contributed by atoms with Crippen molar-refractivity contribution >= 4 is 0 Å². The number of benzene rings is 7. The van der Waals surface area contributed by atoms with Crippen LogP contribution in [0.2, 0.25) is 0 Å². The van der Waals surface area contributed by atoms with Crippen molar-refractivity contribution in [2.75, 3.05) is 0 Å². The minimum Gasteiger partial charge on any atom is -0.457 e. The minimum atomic E-state index is -0.451. The smallest absolute Gasteiger partial charge is 0.132 e. The summed E-state index contributed by atoms with van der Waals surface area (Å²) in [6.45, 7) is 2.38. The van der Waals surface area contributed by atoms with Crippen molar-refractivity contribution in [1.29, 1.82) is 0 Å². The van der Waals surface area contributed by atoms with E-state index in [1.54, 1.807) is 0 Å². The first kappa shape index (κ1) is 25.6. The van der Waals surface area contributed by atoms with Crippen molar-refractivity contribution in [2.45, 2.75) is 17.8 Å². The van der Waals surface area contributed by atoms with Gasteiger partial charge in [-0.15, -0.1) is 0 Å². The highest BCUT2D eigenvalue weighted by atomic mass is 16.5. The van der Waals surface area contributed by atoms with Crippen LogP contribution < -0.4 is 4.74 Å². The van der Waals surface area contributed by atoms with Gasteiger partial charge in [0.05, 0.1) is 5.41 Å². The normalized spacial score (nSPS) is 17.2. The van der Waals surface area contributed by atoms with Gasteiger partial charge < -0.3 is 4.74 Å². The molecule has 10 rings (SSSR count). The van der Waals surface area contributed by atoms with Crippen LogP contribution in [-0.4, -0.2) is 0 Å². The van der Waals surface area contributed by atoms with Gasteiger partial charge >= 0.3 is 0 Å². The van der Waals surface area contributed by atoms with Crippen LogP contribution in [-0.2, 0) is 10.8 Å². The predicted octanol–water partition coefficient (Wildman–Crippen LogP) is 11.2. The van der Waals surface area contributed by atoms with Crippen LogP contribution in [0.1, 0.15) is 45.9 Å². The second-order valence-corrected chi connectivity index (χ2v) is 12.9. The van der Waals surface area contributed by atoms with Crippen LogP contribution in [0, 0.1) is 0 Å². The maximum atomic E-state index is 6.86. The third kappa shape index (κ3) is 3.10. The minimum absolute atomic E-state index is 0.242. The molecule has 7 aromatic carbocycles. The van der Waals surface area contributed by atoms with E-state index < -0.39 is 5.41 Å². The van der Waals surface area contributed by atoms with Gasteiger partial charge in [0.2, 0.25) is 0 Å². The van der Waals surface area contributed by atoms with Crippen LogP contribution in [0.5, 0.6) is 11.5 Å². The first-order valence-corrected chi connectivity index (χ1v) is 16.1. The lowest BCUT2D eigenvalue weighted by atomic mass is 9.66. The zero-order valence-corrected chi connectivity index (χ0v) is 25.5. The van der Waals surface area contributed by atoms with E-state index in [1.165, 1.54) is 66.8 Å².